The summed E-state index contributed by atoms with van der Waals surface area (Å²) < 4.78 is 6.17. The van der Waals surface area contributed by atoms with Crippen LogP contribution in [0.3, 0.4) is 0 Å². The number of hydrogen-bond donors (Lipinski definition) is 1. The molecule has 1 aromatic rings. The van der Waals surface area contributed by atoms with Crippen LogP contribution in [0.4, 0.5) is 0 Å². The van der Waals surface area contributed by atoms with Gasteiger partial charge in [0.1, 0.15) is 17.6 Å². The molecule has 3 rings (SSSR count). The van der Waals surface area contributed by atoms with Crippen molar-refractivity contribution in [1.82, 2.24) is 0 Å². The van der Waals surface area contributed by atoms with Crippen molar-refractivity contribution in [2.24, 2.45) is 0 Å². The van der Waals surface area contributed by atoms with Gasteiger partial charge in [-0.2, -0.15) is 0 Å². The maximum absolute atomic E-state index is 10.6. The van der Waals surface area contributed by atoms with Gasteiger partial charge in [-0.05, 0) is 48.8 Å². The number of aromatic hydroxyl groups is 1. The molecule has 0 radical (unpaired) electrons. The van der Waals surface area contributed by atoms with Gasteiger partial charge in [0.2, 0.25) is 0 Å². The van der Waals surface area contributed by atoms with Gasteiger partial charge in [-0.25, -0.2) is 0 Å². The minimum Gasteiger partial charge on any atom is -0.508 e. The maximum Gasteiger partial charge on any atom is 0.127 e. The van der Waals surface area contributed by atoms with E-state index in [1.54, 1.807) is 0 Å². The second-order valence-electron chi connectivity index (χ2n) is 7.44. The Labute approximate surface area is 128 Å². The van der Waals surface area contributed by atoms with Gasteiger partial charge < -0.3 is 9.84 Å². The van der Waals surface area contributed by atoms with Crippen LogP contribution in [-0.4, -0.2) is 11.2 Å². The largest absolute Gasteiger partial charge is 0.508 e. The second-order valence-corrected chi connectivity index (χ2v) is 7.44. The molecule has 1 aliphatic heterocycles. The zero-order chi connectivity index (χ0) is 15.0. The van der Waals surface area contributed by atoms with Gasteiger partial charge in [0.25, 0.3) is 0 Å². The number of phenols is 1. The normalized spacial score (nSPS) is 24.3. The van der Waals surface area contributed by atoms with Crippen molar-refractivity contribution in [3.63, 3.8) is 0 Å². The first-order valence-corrected chi connectivity index (χ1v) is 8.57. The molecule has 21 heavy (non-hydrogen) atoms. The highest BCUT2D eigenvalue weighted by Gasteiger charge is 2.39. The van der Waals surface area contributed by atoms with Crippen LogP contribution in [0.1, 0.15) is 82.8 Å². The Bertz CT molecular complexity index is 519. The van der Waals surface area contributed by atoms with Crippen LogP contribution in [-0.2, 0) is 5.41 Å². The molecular weight excluding hydrogens is 260 g/mol. The van der Waals surface area contributed by atoms with Crippen molar-refractivity contribution in [3.05, 3.63) is 23.3 Å². The van der Waals surface area contributed by atoms with Gasteiger partial charge in [-0.3, -0.25) is 0 Å². The van der Waals surface area contributed by atoms with Crippen LogP contribution in [0.25, 0.3) is 0 Å². The lowest BCUT2D eigenvalue weighted by Gasteiger charge is -2.26. The fraction of sp³-hybridized carbons (Fsp3) is 0.684. The summed E-state index contributed by atoms with van der Waals surface area (Å²) in [6.07, 6.45) is 8.68. The Kier molecular flexibility index (Phi) is 3.90. The summed E-state index contributed by atoms with van der Waals surface area (Å²) in [6.45, 7) is 6.77. The molecule has 0 bridgehead atoms. The molecule has 2 heteroatoms. The molecule has 116 valence electrons. The highest BCUT2D eigenvalue weighted by Crippen LogP contribution is 2.51. The van der Waals surface area contributed by atoms with Crippen LogP contribution in [0, 0.1) is 0 Å². The van der Waals surface area contributed by atoms with Crippen molar-refractivity contribution in [1.29, 1.82) is 0 Å². The van der Waals surface area contributed by atoms with Gasteiger partial charge in [0.05, 0.1) is 0 Å². The van der Waals surface area contributed by atoms with Crippen LogP contribution >= 0.6 is 0 Å². The quantitative estimate of drug-likeness (QED) is 0.817. The van der Waals surface area contributed by atoms with E-state index in [4.69, 9.17) is 4.74 Å². The zero-order valence-electron chi connectivity index (χ0n) is 13.6. The van der Waals surface area contributed by atoms with Crippen molar-refractivity contribution in [2.45, 2.75) is 83.2 Å². The molecule has 1 heterocycles. The molecule has 2 atom stereocenters. The van der Waals surface area contributed by atoms with Gasteiger partial charge >= 0.3 is 0 Å². The number of unbranched alkanes of at least 4 members (excludes halogenated alkanes) is 1. The van der Waals surface area contributed by atoms with Crippen molar-refractivity contribution < 1.29 is 9.84 Å². The van der Waals surface area contributed by atoms with Crippen LogP contribution in [0.15, 0.2) is 12.1 Å². The zero-order valence-corrected chi connectivity index (χ0v) is 13.6. The molecule has 2 aliphatic rings. The van der Waals surface area contributed by atoms with E-state index in [1.807, 2.05) is 6.07 Å². The summed E-state index contributed by atoms with van der Waals surface area (Å²) in [6, 6.07) is 4.19. The minimum atomic E-state index is 0.0969. The average molecular weight is 288 g/mol. The van der Waals surface area contributed by atoms with Gasteiger partial charge in [0.15, 0.2) is 0 Å². The molecule has 2 nitrogen and oxygen atoms in total. The molecule has 1 N–H and O–H groups in total. The highest BCUT2D eigenvalue weighted by molar-refractivity contribution is 5.54. The molecule has 2 unspecified atom stereocenters. The predicted octanol–water partition coefficient (Wildman–Crippen LogP) is 5.28. The standard InChI is InChI=1S/C19H28O2/c1-4-5-10-19(2,3)13-11-15(20)18-14-8-6-7-9-16(14)21-17(18)12-13/h11-12,14,16,20H,4-10H2,1-3H3. The fourth-order valence-corrected chi connectivity index (χ4v) is 3.97. The van der Waals surface area contributed by atoms with Gasteiger partial charge in [0, 0.05) is 11.5 Å². The summed E-state index contributed by atoms with van der Waals surface area (Å²) in [5.41, 5.74) is 2.39. The first-order valence-electron chi connectivity index (χ1n) is 8.57. The van der Waals surface area contributed by atoms with Gasteiger partial charge in [-0.15, -0.1) is 0 Å². The molecule has 1 aliphatic carbocycles. The number of ether oxygens (including phenoxy) is 1. The van der Waals surface area contributed by atoms with Crippen LogP contribution in [0.2, 0.25) is 0 Å². The number of hydrogen-bond acceptors (Lipinski definition) is 2. The molecule has 0 amide bonds. The fourth-order valence-electron chi connectivity index (χ4n) is 3.97. The van der Waals surface area contributed by atoms with Crippen molar-refractivity contribution in [2.75, 3.05) is 0 Å². The summed E-state index contributed by atoms with van der Waals surface area (Å²) >= 11 is 0. The average Bonchev–Trinajstić information content (AvgIpc) is 2.84. The maximum atomic E-state index is 10.6. The summed E-state index contributed by atoms with van der Waals surface area (Å²) in [5.74, 6) is 1.83. The van der Waals surface area contributed by atoms with E-state index in [2.05, 4.69) is 26.8 Å². The molecular formula is C19H28O2. The van der Waals surface area contributed by atoms with E-state index in [-0.39, 0.29) is 5.41 Å². The highest BCUT2D eigenvalue weighted by atomic mass is 16.5. The Morgan fingerprint density at radius 1 is 1.24 bits per heavy atom. The third-order valence-corrected chi connectivity index (χ3v) is 5.41. The van der Waals surface area contributed by atoms with Crippen LogP contribution < -0.4 is 4.74 Å². The number of phenolic OH excluding ortho intramolecular Hbond substituents is 1. The summed E-state index contributed by atoms with van der Waals surface area (Å²) in [7, 11) is 0. The third-order valence-electron chi connectivity index (χ3n) is 5.41. The van der Waals surface area contributed by atoms with E-state index in [0.29, 0.717) is 17.8 Å². The lowest BCUT2D eigenvalue weighted by Crippen LogP contribution is -2.22. The minimum absolute atomic E-state index is 0.0969. The molecule has 0 aromatic heterocycles. The third kappa shape index (κ3) is 2.65. The lowest BCUT2D eigenvalue weighted by molar-refractivity contribution is 0.163. The van der Waals surface area contributed by atoms with Gasteiger partial charge in [-0.1, -0.05) is 40.0 Å². The Hall–Kier alpha value is -1.18. The van der Waals surface area contributed by atoms with E-state index in [1.165, 1.54) is 31.2 Å². The molecule has 1 fully saturated rings. The molecule has 0 saturated heterocycles. The Morgan fingerprint density at radius 2 is 2.00 bits per heavy atom. The van der Waals surface area contributed by atoms with E-state index < -0.39 is 0 Å². The topological polar surface area (TPSA) is 29.5 Å². The number of rotatable bonds is 4. The van der Waals surface area contributed by atoms with E-state index >= 15 is 0 Å². The first-order chi connectivity index (χ1) is 10.0. The second kappa shape index (κ2) is 5.55. The smallest absolute Gasteiger partial charge is 0.127 e. The summed E-state index contributed by atoms with van der Waals surface area (Å²) in [4.78, 5) is 0. The molecule has 1 saturated carbocycles. The van der Waals surface area contributed by atoms with Crippen molar-refractivity contribution >= 4 is 0 Å². The number of fused-ring (bicyclic) bond motifs is 3. The molecule has 1 aromatic carbocycles. The summed E-state index contributed by atoms with van der Waals surface area (Å²) in [5, 5.41) is 10.6. The van der Waals surface area contributed by atoms with Crippen molar-refractivity contribution in [3.8, 4) is 11.5 Å². The van der Waals surface area contributed by atoms with E-state index in [9.17, 15) is 5.11 Å². The Balaban J connectivity index is 1.92. The number of benzene rings is 1. The monoisotopic (exact) mass is 288 g/mol. The van der Waals surface area contributed by atoms with Crippen LogP contribution in [0.5, 0.6) is 11.5 Å². The predicted molar refractivity (Wildman–Crippen MR) is 86.3 cm³/mol. The lowest BCUT2D eigenvalue weighted by atomic mass is 9.78. The molecule has 0 spiro atoms. The van der Waals surface area contributed by atoms with E-state index in [0.717, 1.165) is 30.6 Å². The first kappa shape index (κ1) is 14.7. The Morgan fingerprint density at radius 3 is 2.76 bits per heavy atom. The SMILES string of the molecule is CCCCC(C)(C)c1cc(O)c2c(c1)OC1CCCCC21.